The molecule has 1 saturated heterocycles. The number of nitrogens with one attached hydrogen (secondary N) is 1. The van der Waals surface area contributed by atoms with Crippen LogP contribution in [0, 0.1) is 29.6 Å². The lowest BCUT2D eigenvalue weighted by molar-refractivity contribution is -0.137. The van der Waals surface area contributed by atoms with Crippen LogP contribution in [0.5, 0.6) is 0 Å². The summed E-state index contributed by atoms with van der Waals surface area (Å²) in [5.74, 6) is -2.83. The number of thiazole rings is 1. The summed E-state index contributed by atoms with van der Waals surface area (Å²) < 4.78 is 41.6. The molecule has 1 aromatic heterocycles. The van der Waals surface area contributed by atoms with Gasteiger partial charge in [0.1, 0.15) is 0 Å². The summed E-state index contributed by atoms with van der Waals surface area (Å²) in [7, 11) is 0. The van der Waals surface area contributed by atoms with Crippen LogP contribution in [0.1, 0.15) is 54.7 Å². The minimum absolute atomic E-state index is 0.00903. The average Bonchev–Trinajstić information content (AvgIpc) is 3.62. The first-order valence-electron chi connectivity index (χ1n) is 13.4. The van der Waals surface area contributed by atoms with Gasteiger partial charge in [0.25, 0.3) is 0 Å². The predicted molar refractivity (Wildman–Crippen MR) is 148 cm³/mol. The molecule has 10 heteroatoms. The SMILES string of the molecule is CC(C)(C)c1ccc([C@H]2c3sc(=O)[nH]c3SC3C4CC(C5C(=O)N(c6ccccc6C(F)(F)F)C(=O)C45)C32)cc1. The number of para-hydroxylation sites is 1. The summed E-state index contributed by atoms with van der Waals surface area (Å²) in [5, 5.41) is 0.784. The van der Waals surface area contributed by atoms with Crippen LogP contribution in [0.15, 0.2) is 58.4 Å². The molecule has 2 saturated carbocycles. The highest BCUT2D eigenvalue weighted by Crippen LogP contribution is 2.68. The number of carbonyl (C=O) groups excluding carboxylic acids is 2. The number of aromatic amines is 1. The zero-order chi connectivity index (χ0) is 28.3. The second kappa shape index (κ2) is 8.58. The highest BCUT2D eigenvalue weighted by molar-refractivity contribution is 8.00. The van der Waals surface area contributed by atoms with Crippen molar-refractivity contribution in [3.8, 4) is 0 Å². The van der Waals surface area contributed by atoms with E-state index in [0.717, 1.165) is 26.4 Å². The quantitative estimate of drug-likeness (QED) is 0.353. The molecule has 2 aliphatic carbocycles. The number of benzene rings is 2. The van der Waals surface area contributed by atoms with Crippen molar-refractivity contribution in [1.29, 1.82) is 0 Å². The van der Waals surface area contributed by atoms with E-state index in [1.165, 1.54) is 35.1 Å². The van der Waals surface area contributed by atoms with Crippen molar-refractivity contribution in [2.45, 2.75) is 55.0 Å². The van der Waals surface area contributed by atoms with E-state index in [-0.39, 0.29) is 44.9 Å². The van der Waals surface area contributed by atoms with Crippen molar-refractivity contribution in [1.82, 2.24) is 4.98 Å². The molecule has 6 unspecified atom stereocenters. The summed E-state index contributed by atoms with van der Waals surface area (Å²) >= 11 is 2.76. The molecule has 7 atom stereocenters. The number of hydrogen-bond acceptors (Lipinski definition) is 5. The largest absolute Gasteiger partial charge is 0.418 e. The predicted octanol–water partition coefficient (Wildman–Crippen LogP) is 6.43. The van der Waals surface area contributed by atoms with E-state index in [1.54, 1.807) is 11.8 Å². The second-order valence-corrected chi connectivity index (χ2v) is 14.6. The zero-order valence-corrected chi connectivity index (χ0v) is 23.6. The fraction of sp³-hybridized carbons (Fsp3) is 0.433. The first-order valence-corrected chi connectivity index (χ1v) is 15.1. The molecule has 1 N–H and O–H groups in total. The molecule has 3 fully saturated rings. The van der Waals surface area contributed by atoms with Crippen molar-refractivity contribution in [3.63, 3.8) is 0 Å². The van der Waals surface area contributed by atoms with E-state index in [2.05, 4.69) is 50.0 Å². The third-order valence-electron chi connectivity index (χ3n) is 9.31. The van der Waals surface area contributed by atoms with Gasteiger partial charge in [0.05, 0.1) is 28.1 Å². The number of amides is 2. The van der Waals surface area contributed by atoms with Crippen LogP contribution in [-0.4, -0.2) is 22.0 Å². The molecule has 2 aliphatic heterocycles. The molecule has 2 bridgehead atoms. The maximum absolute atomic E-state index is 13.9. The Bertz CT molecular complexity index is 1600. The number of nitrogens with zero attached hydrogens (tertiary/aromatic N) is 1. The Morgan fingerprint density at radius 3 is 2.20 bits per heavy atom. The maximum atomic E-state index is 13.9. The van der Waals surface area contributed by atoms with Crippen LogP contribution < -0.4 is 9.77 Å². The normalized spacial score (nSPS) is 30.9. The molecule has 2 amide bonds. The zero-order valence-electron chi connectivity index (χ0n) is 22.0. The number of aromatic nitrogens is 1. The van der Waals surface area contributed by atoms with Crippen molar-refractivity contribution in [2.75, 3.05) is 4.90 Å². The first kappa shape index (κ1) is 26.1. The molecule has 3 heterocycles. The van der Waals surface area contributed by atoms with Gasteiger partial charge in [0.2, 0.25) is 11.8 Å². The minimum Gasteiger partial charge on any atom is -0.307 e. The topological polar surface area (TPSA) is 70.2 Å². The number of anilines is 1. The first-order chi connectivity index (χ1) is 18.9. The van der Waals surface area contributed by atoms with Crippen molar-refractivity contribution >= 4 is 40.6 Å². The van der Waals surface area contributed by atoms with E-state index in [4.69, 9.17) is 0 Å². The average molecular weight is 585 g/mol. The molecule has 208 valence electrons. The number of rotatable bonds is 2. The van der Waals surface area contributed by atoms with E-state index in [0.29, 0.717) is 6.42 Å². The third-order valence-corrected chi connectivity index (χ3v) is 11.9. The van der Waals surface area contributed by atoms with Crippen molar-refractivity contribution < 1.29 is 22.8 Å². The van der Waals surface area contributed by atoms with Gasteiger partial charge in [-0.1, -0.05) is 68.5 Å². The number of fused-ring (bicyclic) bond motifs is 9. The van der Waals surface area contributed by atoms with Gasteiger partial charge >= 0.3 is 11.0 Å². The molecule has 4 aliphatic rings. The lowest BCUT2D eigenvalue weighted by Crippen LogP contribution is -2.42. The van der Waals surface area contributed by atoms with E-state index in [9.17, 15) is 27.6 Å². The Kier molecular flexibility index (Phi) is 5.59. The van der Waals surface area contributed by atoms with Crippen molar-refractivity contribution in [2.24, 2.45) is 29.6 Å². The molecule has 2 aromatic carbocycles. The van der Waals surface area contributed by atoms with Crippen LogP contribution in [-0.2, 0) is 21.2 Å². The summed E-state index contributed by atoms with van der Waals surface area (Å²) in [6, 6.07) is 13.2. The molecule has 0 spiro atoms. The lowest BCUT2D eigenvalue weighted by Gasteiger charge is -2.43. The van der Waals surface area contributed by atoms with Gasteiger partial charge in [-0.2, -0.15) is 13.2 Å². The van der Waals surface area contributed by atoms with Gasteiger partial charge in [-0.05, 0) is 52.8 Å². The van der Waals surface area contributed by atoms with Gasteiger partial charge in [-0.3, -0.25) is 14.4 Å². The molecule has 40 heavy (non-hydrogen) atoms. The monoisotopic (exact) mass is 584 g/mol. The van der Waals surface area contributed by atoms with Gasteiger partial charge in [0.15, 0.2) is 0 Å². The second-order valence-electron chi connectivity index (χ2n) is 12.4. The molecule has 7 rings (SSSR count). The Hall–Kier alpha value is -2.85. The molecular weight excluding hydrogens is 557 g/mol. The standard InChI is InChI=1S/C30H27F3N2O3S2/c1-29(2,3)14-10-8-13(9-11-14)19-20-15-12-16(23(20)39-25-24(19)40-28(38)34-25)22-21(15)26(36)35(27(22)37)18-7-5-4-6-17(18)30(31,32)33/h4-11,15-16,19-23H,12H2,1-3H3,(H,34,38)/t15?,16?,19-,20?,21?,22?,23?/m1/s1. The van der Waals surface area contributed by atoms with E-state index in [1.807, 2.05) is 0 Å². The van der Waals surface area contributed by atoms with Gasteiger partial charge in [0, 0.05) is 16.0 Å². The number of H-pyrrole nitrogens is 1. The number of hydrogen-bond donors (Lipinski definition) is 1. The Morgan fingerprint density at radius 1 is 0.900 bits per heavy atom. The van der Waals surface area contributed by atoms with Crippen LogP contribution in [0.25, 0.3) is 0 Å². The Balaban J connectivity index is 1.31. The summed E-state index contributed by atoms with van der Waals surface area (Å²) in [6.07, 6.45) is -4.01. The summed E-state index contributed by atoms with van der Waals surface area (Å²) in [6.45, 7) is 6.44. The lowest BCUT2D eigenvalue weighted by atomic mass is 9.68. The molecule has 0 radical (unpaired) electrons. The van der Waals surface area contributed by atoms with E-state index < -0.39 is 35.4 Å². The van der Waals surface area contributed by atoms with Crippen LogP contribution >= 0.6 is 23.1 Å². The van der Waals surface area contributed by atoms with Crippen molar-refractivity contribution in [3.05, 3.63) is 79.8 Å². The van der Waals surface area contributed by atoms with Gasteiger partial charge < -0.3 is 4.98 Å². The molecular formula is C30H27F3N2O3S2. The Labute approximate surface area is 237 Å². The number of alkyl halides is 3. The van der Waals surface area contributed by atoms with E-state index >= 15 is 0 Å². The number of carbonyl (C=O) groups is 2. The van der Waals surface area contributed by atoms with Crippen LogP contribution in [0.4, 0.5) is 18.9 Å². The number of thioether (sulfide) groups is 1. The number of imide groups is 1. The third kappa shape index (κ3) is 3.64. The van der Waals surface area contributed by atoms with Crippen LogP contribution in [0.2, 0.25) is 0 Å². The Morgan fingerprint density at radius 2 is 1.55 bits per heavy atom. The minimum atomic E-state index is -4.69. The highest BCUT2D eigenvalue weighted by atomic mass is 32.2. The fourth-order valence-electron chi connectivity index (χ4n) is 7.73. The number of halogens is 3. The molecule has 3 aromatic rings. The van der Waals surface area contributed by atoms with Gasteiger partial charge in [-0.15, -0.1) is 11.8 Å². The fourth-order valence-corrected chi connectivity index (χ4v) is 10.6. The smallest absolute Gasteiger partial charge is 0.307 e. The van der Waals surface area contributed by atoms with Gasteiger partial charge in [-0.25, -0.2) is 4.90 Å². The summed E-state index contributed by atoms with van der Waals surface area (Å²) in [5.41, 5.74) is 0.850. The van der Waals surface area contributed by atoms with Crippen LogP contribution in [0.3, 0.4) is 0 Å². The maximum Gasteiger partial charge on any atom is 0.418 e. The molecule has 5 nitrogen and oxygen atoms in total. The highest BCUT2D eigenvalue weighted by Gasteiger charge is 2.70. The summed E-state index contributed by atoms with van der Waals surface area (Å²) in [4.78, 5) is 44.7.